The number of nitrogens with one attached hydrogen (secondary N) is 1. The van der Waals surface area contributed by atoms with E-state index in [0.717, 1.165) is 0 Å². The molecule has 0 radical (unpaired) electrons. The summed E-state index contributed by atoms with van der Waals surface area (Å²) in [4.78, 5) is 43.9. The van der Waals surface area contributed by atoms with E-state index in [1.54, 1.807) is 13.8 Å². The molecule has 48 heavy (non-hydrogen) atoms. The van der Waals surface area contributed by atoms with Crippen LogP contribution >= 0.6 is 0 Å². The molecule has 0 aromatic heterocycles. The van der Waals surface area contributed by atoms with Crippen molar-refractivity contribution in [1.82, 2.24) is 10.2 Å². The summed E-state index contributed by atoms with van der Waals surface area (Å²) in [7, 11) is 3.78. The molecule has 13 atom stereocenters. The first-order chi connectivity index (χ1) is 22.4. The molecule has 13 heteroatoms. The van der Waals surface area contributed by atoms with Crippen LogP contribution in [0.2, 0.25) is 0 Å². The van der Waals surface area contributed by atoms with Crippen molar-refractivity contribution in [3.8, 4) is 0 Å². The highest BCUT2D eigenvalue weighted by atomic mass is 16.7. The summed E-state index contributed by atoms with van der Waals surface area (Å²) in [6.07, 6.45) is -2.50. The molecule has 0 spiro atoms. The molecule has 4 heterocycles. The van der Waals surface area contributed by atoms with E-state index < -0.39 is 58.9 Å². The minimum atomic E-state index is -1.68. The molecule has 3 N–H and O–H groups in total. The van der Waals surface area contributed by atoms with E-state index in [0.29, 0.717) is 25.8 Å². The van der Waals surface area contributed by atoms with Crippen LogP contribution in [0, 0.1) is 23.2 Å². The highest BCUT2D eigenvalue weighted by Crippen LogP contribution is 2.44. The molecule has 13 nitrogen and oxygen atoms in total. The van der Waals surface area contributed by atoms with E-state index in [1.807, 2.05) is 53.6 Å². The van der Waals surface area contributed by atoms with E-state index in [2.05, 4.69) is 17.4 Å². The molecule has 274 valence electrons. The second-order valence-electron chi connectivity index (χ2n) is 15.7. The Morgan fingerprint density at radius 3 is 2.42 bits per heavy atom. The highest BCUT2D eigenvalue weighted by Gasteiger charge is 2.58. The van der Waals surface area contributed by atoms with Gasteiger partial charge in [-0.25, -0.2) is 0 Å². The number of ether oxygens (including phenoxy) is 5. The third-order valence-corrected chi connectivity index (χ3v) is 11.5. The highest BCUT2D eigenvalue weighted by molar-refractivity contribution is 6.05. The van der Waals surface area contributed by atoms with Crippen LogP contribution in [0.25, 0.3) is 0 Å². The van der Waals surface area contributed by atoms with Gasteiger partial charge in [0.1, 0.15) is 17.6 Å². The number of likely N-dealkylation sites (N-methyl/N-ethyl adjacent to an activating group) is 1. The molecule has 4 saturated heterocycles. The van der Waals surface area contributed by atoms with Crippen LogP contribution in [0.1, 0.15) is 93.9 Å². The lowest BCUT2D eigenvalue weighted by molar-refractivity contribution is -0.296. The van der Waals surface area contributed by atoms with Crippen molar-refractivity contribution in [2.75, 3.05) is 27.2 Å². The third-order valence-electron chi connectivity index (χ3n) is 11.5. The lowest BCUT2D eigenvalue weighted by Gasteiger charge is -2.48. The molecule has 0 aliphatic carbocycles. The summed E-state index contributed by atoms with van der Waals surface area (Å²) in [6.45, 7) is 15.3. The zero-order chi connectivity index (χ0) is 35.8. The second kappa shape index (κ2) is 15.0. The third kappa shape index (κ3) is 7.61. The first-order valence-electron chi connectivity index (χ1n) is 17.6. The Bertz CT molecular complexity index is 1210. The van der Waals surface area contributed by atoms with Crippen molar-refractivity contribution in [3.05, 3.63) is 0 Å². The average molecular weight is 682 g/mol. The fourth-order valence-electron chi connectivity index (χ4n) is 8.49. The summed E-state index contributed by atoms with van der Waals surface area (Å²) >= 11 is 0. The Morgan fingerprint density at radius 2 is 1.79 bits per heavy atom. The lowest BCUT2D eigenvalue weighted by Crippen LogP contribution is -2.60. The topological polar surface area (TPSA) is 165 Å². The molecule has 4 aliphatic heterocycles. The first-order valence-corrected chi connectivity index (χ1v) is 17.6. The Balaban J connectivity index is 1.85. The van der Waals surface area contributed by atoms with Gasteiger partial charge in [-0.05, 0) is 93.3 Å². The standard InChI is InChI=1S/C35H59N3O10/c1-11-26-35(8)24(15-27(39)48-35)22(5)36-17-19(2)16-34(7)30(47-31-28(40)25(38(9)10)14-20(3)45-31)21(4)29(41)33(6,32(42)46-26)13-12-23(37-43)18-44-34/h19-22,24-26,28,30-31,36,40,43H,11-18H2,1-10H3/b37-23+/t19-,20?,21+,22-,24-,25?,26-,28?,30-,31?,33+,34-,35+/m1/s1. The first kappa shape index (κ1) is 38.6. The van der Waals surface area contributed by atoms with Gasteiger partial charge in [0.2, 0.25) is 0 Å². The van der Waals surface area contributed by atoms with Crippen molar-refractivity contribution in [2.45, 2.75) is 148 Å². The predicted octanol–water partition coefficient (Wildman–Crippen LogP) is 3.07. The molecule has 0 saturated carbocycles. The number of hydrogen-bond acceptors (Lipinski definition) is 13. The number of cyclic esters (lactones) is 1. The number of fused-ring (bicyclic) bond motifs is 5. The number of aliphatic hydroxyl groups is 1. The smallest absolute Gasteiger partial charge is 0.319 e. The van der Waals surface area contributed by atoms with E-state index >= 15 is 0 Å². The molecule has 0 aromatic rings. The maximum absolute atomic E-state index is 14.8. The molecule has 4 unspecified atom stereocenters. The van der Waals surface area contributed by atoms with Crippen LogP contribution in [0.3, 0.4) is 0 Å². The number of Topliss-reactive ketones (excluding diaryl/α,β-unsaturated/α-hetero) is 1. The van der Waals surface area contributed by atoms with Crippen molar-refractivity contribution in [2.24, 2.45) is 28.3 Å². The van der Waals surface area contributed by atoms with Crippen LogP contribution in [-0.2, 0) is 38.1 Å². The summed E-state index contributed by atoms with van der Waals surface area (Å²) in [5.74, 6) is -2.77. The molecular weight excluding hydrogens is 622 g/mol. The van der Waals surface area contributed by atoms with Crippen LogP contribution in [-0.4, -0.2) is 120 Å². The minimum absolute atomic E-state index is 0.00574. The molecule has 0 amide bonds. The fourth-order valence-corrected chi connectivity index (χ4v) is 8.49. The van der Waals surface area contributed by atoms with Gasteiger partial charge < -0.3 is 44.2 Å². The van der Waals surface area contributed by atoms with Gasteiger partial charge in [0.15, 0.2) is 17.7 Å². The number of oxime groups is 1. The minimum Gasteiger partial charge on any atom is -0.457 e. The number of ketones is 1. The normalized spacial score (nSPS) is 46.2. The van der Waals surface area contributed by atoms with Crippen LogP contribution < -0.4 is 5.32 Å². The van der Waals surface area contributed by atoms with Gasteiger partial charge in [-0.3, -0.25) is 14.4 Å². The zero-order valence-electron chi connectivity index (χ0n) is 30.5. The van der Waals surface area contributed by atoms with Gasteiger partial charge in [-0.15, -0.1) is 0 Å². The number of carbonyl (C=O) groups excluding carboxylic acids is 3. The summed E-state index contributed by atoms with van der Waals surface area (Å²) < 4.78 is 31.7. The van der Waals surface area contributed by atoms with Gasteiger partial charge >= 0.3 is 11.9 Å². The maximum atomic E-state index is 14.8. The Labute approximate surface area is 285 Å². The number of hydrogen-bond donors (Lipinski definition) is 3. The SMILES string of the molecule is CC[C@H]1OC(=O)[C@@]2(C)CC/C(=N\O)CO[C@](C)(C[C@@H](C)CN[C@H](C)[C@H]3CC(=O)O[C@@]31C)[C@H](OC1OC(C)CC(N(C)C)C1O)[C@@H](C)C2=O. The largest absolute Gasteiger partial charge is 0.457 e. The Hall–Kier alpha value is -2.16. The van der Waals surface area contributed by atoms with Crippen LogP contribution in [0.5, 0.6) is 0 Å². The van der Waals surface area contributed by atoms with E-state index in [-0.39, 0.29) is 67.6 Å². The molecule has 4 aliphatic rings. The molecule has 0 aromatic carbocycles. The number of rotatable bonds is 4. The van der Waals surface area contributed by atoms with Gasteiger partial charge in [-0.1, -0.05) is 25.9 Å². The van der Waals surface area contributed by atoms with Crippen molar-refractivity contribution in [1.29, 1.82) is 0 Å². The maximum Gasteiger partial charge on any atom is 0.319 e. The number of nitrogens with zero attached hydrogens (tertiary/aromatic N) is 2. The Kier molecular flexibility index (Phi) is 12.1. The van der Waals surface area contributed by atoms with E-state index in [4.69, 9.17) is 23.7 Å². The lowest BCUT2D eigenvalue weighted by atomic mass is 9.70. The second-order valence-corrected chi connectivity index (χ2v) is 15.7. The van der Waals surface area contributed by atoms with E-state index in [9.17, 15) is 24.7 Å². The monoisotopic (exact) mass is 681 g/mol. The van der Waals surface area contributed by atoms with Crippen LogP contribution in [0.4, 0.5) is 0 Å². The zero-order valence-corrected chi connectivity index (χ0v) is 30.5. The van der Waals surface area contributed by atoms with Gasteiger partial charge in [0.25, 0.3) is 0 Å². The van der Waals surface area contributed by atoms with Crippen molar-refractivity contribution in [3.63, 3.8) is 0 Å². The molecule has 4 fully saturated rings. The average Bonchev–Trinajstić information content (AvgIpc) is 3.34. The molecule has 4 rings (SSSR count). The van der Waals surface area contributed by atoms with Crippen molar-refractivity contribution < 1.29 is 48.4 Å². The molecular formula is C35H59N3O10. The van der Waals surface area contributed by atoms with E-state index in [1.165, 1.54) is 0 Å². The van der Waals surface area contributed by atoms with Crippen molar-refractivity contribution >= 4 is 23.4 Å². The summed E-state index contributed by atoms with van der Waals surface area (Å²) in [5, 5.41) is 28.5. The summed E-state index contributed by atoms with van der Waals surface area (Å²) in [5.41, 5.74) is -3.69. The van der Waals surface area contributed by atoms with Gasteiger partial charge in [0, 0.05) is 23.9 Å². The van der Waals surface area contributed by atoms with Crippen LogP contribution in [0.15, 0.2) is 5.16 Å². The summed E-state index contributed by atoms with van der Waals surface area (Å²) in [6, 6.07) is -0.427. The quantitative estimate of drug-likeness (QED) is 0.172. The Morgan fingerprint density at radius 1 is 1.10 bits per heavy atom. The number of carbonyl (C=O) groups is 3. The molecule has 2 bridgehead atoms. The predicted molar refractivity (Wildman–Crippen MR) is 176 cm³/mol. The van der Waals surface area contributed by atoms with Gasteiger partial charge in [-0.2, -0.15) is 0 Å². The van der Waals surface area contributed by atoms with Gasteiger partial charge in [0.05, 0.1) is 36.5 Å². The fraction of sp³-hybridized carbons (Fsp3) is 0.886. The number of esters is 2. The number of aliphatic hydroxyl groups excluding tert-OH is 1.